The lowest BCUT2D eigenvalue weighted by Crippen LogP contribution is -2.38. The van der Waals surface area contributed by atoms with E-state index in [1.54, 1.807) is 19.2 Å². The van der Waals surface area contributed by atoms with Crippen LogP contribution < -0.4 is 26.2 Å². The molecule has 2 aromatic heterocycles. The van der Waals surface area contributed by atoms with Crippen LogP contribution in [-0.4, -0.2) is 46.3 Å². The van der Waals surface area contributed by atoms with E-state index >= 15 is 0 Å². The molecule has 1 aliphatic carbocycles. The third-order valence-corrected chi connectivity index (χ3v) is 9.27. The smallest absolute Gasteiger partial charge is 0.279 e. The number of hydrogen-bond donors (Lipinski definition) is 3. The first-order chi connectivity index (χ1) is 21.7. The van der Waals surface area contributed by atoms with Crippen LogP contribution in [0.3, 0.4) is 0 Å². The van der Waals surface area contributed by atoms with Gasteiger partial charge in [0.15, 0.2) is 0 Å². The van der Waals surface area contributed by atoms with Crippen molar-refractivity contribution in [3.8, 4) is 28.3 Å². The third kappa shape index (κ3) is 5.93. The highest BCUT2D eigenvalue weighted by molar-refractivity contribution is 6.39. The van der Waals surface area contributed by atoms with Crippen molar-refractivity contribution in [3.63, 3.8) is 0 Å². The molecular weight excluding hydrogens is 615 g/mol. The van der Waals surface area contributed by atoms with E-state index in [-0.39, 0.29) is 28.6 Å². The van der Waals surface area contributed by atoms with Crippen LogP contribution >= 0.6 is 23.2 Å². The summed E-state index contributed by atoms with van der Waals surface area (Å²) < 4.78 is 6.90. The van der Waals surface area contributed by atoms with Crippen LogP contribution in [0.5, 0.6) is 5.88 Å². The van der Waals surface area contributed by atoms with Crippen molar-refractivity contribution in [1.29, 1.82) is 0 Å². The molecule has 2 aliphatic rings. The number of rotatable bonds is 8. The van der Waals surface area contributed by atoms with Gasteiger partial charge in [0, 0.05) is 60.5 Å². The Morgan fingerprint density at radius 1 is 1.09 bits per heavy atom. The minimum absolute atomic E-state index is 0.0416. The second-order valence-electron chi connectivity index (χ2n) is 11.4. The maximum Gasteiger partial charge on any atom is 0.279 e. The Balaban J connectivity index is 1.30. The van der Waals surface area contributed by atoms with Crippen LogP contribution in [0.15, 0.2) is 59.5 Å². The highest BCUT2D eigenvalue weighted by Gasteiger charge is 2.35. The van der Waals surface area contributed by atoms with Gasteiger partial charge in [-0.2, -0.15) is 5.10 Å². The summed E-state index contributed by atoms with van der Waals surface area (Å²) >= 11 is 13.9. The van der Waals surface area contributed by atoms with Crippen molar-refractivity contribution in [1.82, 2.24) is 25.4 Å². The molecule has 0 saturated carbocycles. The Morgan fingerprint density at radius 3 is 2.56 bits per heavy atom. The molecule has 4 aromatic rings. The molecule has 0 bridgehead atoms. The number of nitrogens with one attached hydrogen (secondary N) is 3. The minimum atomic E-state index is -0.596. The van der Waals surface area contributed by atoms with Gasteiger partial charge >= 0.3 is 0 Å². The number of anilines is 1. The standard InChI is InChI=1S/C33H32Cl2N6O4/c1-17-14-18-15-25(40-32(45-3)27(18)30(17)36-16-19-10-11-26(42)38-19)22-8-4-6-20(28(22)34)21-7-5-9-24(29(21)35)39-31(43)23-12-13-37-41(2)33(23)44/h4-9,12-13,15,17,19,30,36H,10-11,14,16H2,1-3H3,(H,38,42)(H,39,43)/t17-,19-,30-/m0/s1. The zero-order chi connectivity index (χ0) is 31.8. The van der Waals surface area contributed by atoms with Gasteiger partial charge in [-0.15, -0.1) is 0 Å². The van der Waals surface area contributed by atoms with E-state index < -0.39 is 11.5 Å². The minimum Gasteiger partial charge on any atom is -0.481 e. The van der Waals surface area contributed by atoms with Crippen molar-refractivity contribution >= 4 is 40.7 Å². The van der Waals surface area contributed by atoms with Gasteiger partial charge in [-0.1, -0.05) is 60.5 Å². The van der Waals surface area contributed by atoms with Gasteiger partial charge < -0.3 is 20.7 Å². The summed E-state index contributed by atoms with van der Waals surface area (Å²) in [7, 11) is 3.09. The fourth-order valence-corrected chi connectivity index (χ4v) is 6.77. The number of aromatic nitrogens is 3. The van der Waals surface area contributed by atoms with Gasteiger partial charge in [0.1, 0.15) is 5.56 Å². The van der Waals surface area contributed by atoms with E-state index in [0.29, 0.717) is 57.9 Å². The van der Waals surface area contributed by atoms with Crippen molar-refractivity contribution in [2.24, 2.45) is 13.0 Å². The first-order valence-corrected chi connectivity index (χ1v) is 15.4. The molecule has 1 aliphatic heterocycles. The van der Waals surface area contributed by atoms with Crippen LogP contribution in [-0.2, 0) is 18.3 Å². The molecular formula is C33H32Cl2N6O4. The zero-order valence-electron chi connectivity index (χ0n) is 25.0. The summed E-state index contributed by atoms with van der Waals surface area (Å²) in [6.45, 7) is 2.87. The predicted octanol–water partition coefficient (Wildman–Crippen LogP) is 5.18. The SMILES string of the molecule is COc1nc(-c2cccc(-c3cccc(NC(=O)c4ccnn(C)c4=O)c3Cl)c2Cl)cc2c1[C@@H](NC[C@@H]1CCC(=O)N1)[C@@H](C)C2. The highest BCUT2D eigenvalue weighted by Crippen LogP contribution is 2.45. The number of carbonyl (C=O) groups excluding carboxylic acids is 2. The second kappa shape index (κ2) is 12.6. The number of amides is 2. The maximum atomic E-state index is 12.9. The number of hydrogen-bond acceptors (Lipinski definition) is 7. The lowest BCUT2D eigenvalue weighted by atomic mass is 9.99. The molecule has 12 heteroatoms. The number of aryl methyl sites for hydroxylation is 1. The number of pyridine rings is 1. The number of halogens is 2. The summed E-state index contributed by atoms with van der Waals surface area (Å²) in [4.78, 5) is 41.9. The number of nitrogens with zero attached hydrogens (tertiary/aromatic N) is 3. The normalized spacial score (nSPS) is 18.9. The molecule has 0 spiro atoms. The molecule has 45 heavy (non-hydrogen) atoms. The monoisotopic (exact) mass is 646 g/mol. The molecule has 232 valence electrons. The van der Waals surface area contributed by atoms with Gasteiger partial charge in [-0.25, -0.2) is 9.67 Å². The van der Waals surface area contributed by atoms with Crippen LogP contribution in [0, 0.1) is 5.92 Å². The van der Waals surface area contributed by atoms with E-state index in [1.165, 1.54) is 19.3 Å². The average Bonchev–Trinajstić information content (AvgIpc) is 3.59. The summed E-state index contributed by atoms with van der Waals surface area (Å²) in [6.07, 6.45) is 3.61. The van der Waals surface area contributed by atoms with Crippen LogP contribution in [0.25, 0.3) is 22.4 Å². The van der Waals surface area contributed by atoms with Gasteiger partial charge in [0.2, 0.25) is 11.8 Å². The molecule has 3 heterocycles. The summed E-state index contributed by atoms with van der Waals surface area (Å²) in [5.74, 6) is 0.334. The van der Waals surface area contributed by atoms with E-state index in [9.17, 15) is 14.4 Å². The molecule has 3 atom stereocenters. The summed E-state index contributed by atoms with van der Waals surface area (Å²) in [6, 6.07) is 14.4. The lowest BCUT2D eigenvalue weighted by molar-refractivity contribution is -0.119. The quantitative estimate of drug-likeness (QED) is 0.241. The fourth-order valence-electron chi connectivity index (χ4n) is 6.17. The third-order valence-electron chi connectivity index (χ3n) is 8.46. The first-order valence-electron chi connectivity index (χ1n) is 14.7. The molecule has 2 aromatic carbocycles. The molecule has 3 N–H and O–H groups in total. The number of methoxy groups -OCH3 is 1. The zero-order valence-corrected chi connectivity index (χ0v) is 26.5. The van der Waals surface area contributed by atoms with Crippen molar-refractivity contribution in [2.75, 3.05) is 19.0 Å². The van der Waals surface area contributed by atoms with Gasteiger partial charge in [-0.05, 0) is 42.5 Å². The predicted molar refractivity (Wildman–Crippen MR) is 174 cm³/mol. The number of fused-ring (bicyclic) bond motifs is 1. The Morgan fingerprint density at radius 2 is 1.82 bits per heavy atom. The average molecular weight is 648 g/mol. The van der Waals surface area contributed by atoms with E-state index in [0.717, 1.165) is 28.7 Å². The highest BCUT2D eigenvalue weighted by atomic mass is 35.5. The topological polar surface area (TPSA) is 127 Å². The molecule has 0 unspecified atom stereocenters. The summed E-state index contributed by atoms with van der Waals surface area (Å²) in [5, 5.41) is 14.0. The van der Waals surface area contributed by atoms with Crippen molar-refractivity contribution in [3.05, 3.63) is 91.8 Å². The largest absolute Gasteiger partial charge is 0.481 e. The molecule has 1 saturated heterocycles. The Labute approximate surface area is 270 Å². The number of ether oxygens (including phenoxy) is 1. The van der Waals surface area contributed by atoms with Gasteiger partial charge in [0.25, 0.3) is 11.5 Å². The van der Waals surface area contributed by atoms with Gasteiger partial charge in [-0.3, -0.25) is 14.4 Å². The lowest BCUT2D eigenvalue weighted by Gasteiger charge is -2.22. The maximum absolute atomic E-state index is 12.9. The first kappa shape index (κ1) is 30.8. The number of carbonyl (C=O) groups is 2. The van der Waals surface area contributed by atoms with Crippen LogP contribution in [0.4, 0.5) is 5.69 Å². The molecule has 2 amide bonds. The second-order valence-corrected chi connectivity index (χ2v) is 12.2. The van der Waals surface area contributed by atoms with Crippen molar-refractivity contribution < 1.29 is 14.3 Å². The molecule has 10 nitrogen and oxygen atoms in total. The van der Waals surface area contributed by atoms with E-state index in [2.05, 4.69) is 34.0 Å². The Bertz CT molecular complexity index is 1880. The van der Waals surface area contributed by atoms with Gasteiger partial charge in [0.05, 0.1) is 28.5 Å². The van der Waals surface area contributed by atoms with Crippen LogP contribution in [0.2, 0.25) is 10.0 Å². The van der Waals surface area contributed by atoms with Crippen molar-refractivity contribution in [2.45, 2.75) is 38.3 Å². The molecule has 1 fully saturated rings. The fraction of sp³-hybridized carbons (Fsp3) is 0.303. The Hall–Kier alpha value is -4.25. The number of benzene rings is 2. The molecule has 6 rings (SSSR count). The van der Waals surface area contributed by atoms with E-state index in [1.807, 2.05) is 24.3 Å². The van der Waals surface area contributed by atoms with Crippen LogP contribution in [0.1, 0.15) is 47.3 Å². The summed E-state index contributed by atoms with van der Waals surface area (Å²) in [5.41, 5.74) is 4.56. The molecule has 0 radical (unpaired) electrons. The van der Waals surface area contributed by atoms with E-state index in [4.69, 9.17) is 32.9 Å². The Kier molecular flexibility index (Phi) is 8.63.